The molecule has 1 heterocycles. The Morgan fingerprint density at radius 3 is 2.93 bits per heavy atom. The van der Waals surface area contributed by atoms with Gasteiger partial charge in [-0.15, -0.1) is 11.3 Å². The van der Waals surface area contributed by atoms with Gasteiger partial charge in [-0.25, -0.2) is 0 Å². The Bertz CT molecular complexity index is 262. The van der Waals surface area contributed by atoms with Crippen LogP contribution in [0.3, 0.4) is 0 Å². The highest BCUT2D eigenvalue weighted by molar-refractivity contribution is 7.10. The third kappa shape index (κ3) is 2.97. The van der Waals surface area contributed by atoms with Crippen LogP contribution >= 0.6 is 11.3 Å². The van der Waals surface area contributed by atoms with E-state index in [9.17, 15) is 0 Å². The highest BCUT2D eigenvalue weighted by atomic mass is 32.1. The molecule has 1 aromatic heterocycles. The summed E-state index contributed by atoms with van der Waals surface area (Å²) in [5.74, 6) is 0.950. The Hall–Kier alpha value is -0.580. The van der Waals surface area contributed by atoms with Gasteiger partial charge in [-0.1, -0.05) is 6.92 Å². The number of rotatable bonds is 6. The van der Waals surface area contributed by atoms with Crippen LogP contribution in [0.25, 0.3) is 0 Å². The summed E-state index contributed by atoms with van der Waals surface area (Å²) in [6, 6.07) is 1.98. The summed E-state index contributed by atoms with van der Waals surface area (Å²) in [6.45, 7) is 4.83. The maximum absolute atomic E-state index is 8.85. The molecule has 0 aliphatic heterocycles. The van der Waals surface area contributed by atoms with Crippen LogP contribution < -0.4 is 4.74 Å². The number of methoxy groups -OCH3 is 1. The number of hydrogen-bond acceptors (Lipinski definition) is 4. The lowest BCUT2D eigenvalue weighted by Crippen LogP contribution is -2.25. The van der Waals surface area contributed by atoms with Crippen LogP contribution in [0, 0.1) is 0 Å². The average Bonchev–Trinajstić information content (AvgIpc) is 2.64. The first-order valence-corrected chi connectivity index (χ1v) is 5.63. The van der Waals surface area contributed by atoms with E-state index in [2.05, 4.69) is 11.8 Å². The minimum absolute atomic E-state index is 0.210. The lowest BCUT2D eigenvalue weighted by Gasteiger charge is -2.18. The van der Waals surface area contributed by atoms with Crippen molar-refractivity contribution in [3.8, 4) is 5.75 Å². The fraction of sp³-hybridized carbons (Fsp3) is 0.600. The smallest absolute Gasteiger partial charge is 0.134 e. The van der Waals surface area contributed by atoms with E-state index >= 15 is 0 Å². The molecular formula is C10H17NO2S. The van der Waals surface area contributed by atoms with Gasteiger partial charge in [0, 0.05) is 13.1 Å². The van der Waals surface area contributed by atoms with Gasteiger partial charge in [-0.05, 0) is 18.0 Å². The van der Waals surface area contributed by atoms with E-state index in [1.54, 1.807) is 18.4 Å². The predicted molar refractivity (Wildman–Crippen MR) is 58.9 cm³/mol. The van der Waals surface area contributed by atoms with Crippen molar-refractivity contribution >= 4 is 11.3 Å². The van der Waals surface area contributed by atoms with Crippen LogP contribution in [0.5, 0.6) is 5.75 Å². The summed E-state index contributed by atoms with van der Waals surface area (Å²) < 4.78 is 5.23. The molecule has 0 amide bonds. The molecule has 0 unspecified atom stereocenters. The van der Waals surface area contributed by atoms with Crippen molar-refractivity contribution in [2.45, 2.75) is 13.5 Å². The summed E-state index contributed by atoms with van der Waals surface area (Å²) in [6.07, 6.45) is 0. The molecule has 1 rings (SSSR count). The molecule has 0 aliphatic carbocycles. The van der Waals surface area contributed by atoms with E-state index in [1.807, 2.05) is 11.4 Å². The van der Waals surface area contributed by atoms with Gasteiger partial charge in [-0.2, -0.15) is 0 Å². The molecule has 4 heteroatoms. The van der Waals surface area contributed by atoms with Crippen molar-refractivity contribution in [1.29, 1.82) is 0 Å². The van der Waals surface area contributed by atoms with Gasteiger partial charge in [0.25, 0.3) is 0 Å². The van der Waals surface area contributed by atoms with E-state index in [1.165, 1.54) is 4.88 Å². The maximum atomic E-state index is 8.85. The first kappa shape index (κ1) is 11.5. The molecular weight excluding hydrogens is 198 g/mol. The van der Waals surface area contributed by atoms with Gasteiger partial charge in [0.1, 0.15) is 5.75 Å². The summed E-state index contributed by atoms with van der Waals surface area (Å²) in [4.78, 5) is 3.41. The predicted octanol–water partition coefficient (Wildman–Crippen LogP) is 1.57. The molecule has 0 radical (unpaired) electrons. The molecule has 0 saturated carbocycles. The second kappa shape index (κ2) is 6.01. The summed E-state index contributed by atoms with van der Waals surface area (Å²) in [5.41, 5.74) is 0. The molecule has 3 nitrogen and oxygen atoms in total. The van der Waals surface area contributed by atoms with Crippen molar-refractivity contribution in [3.05, 3.63) is 16.3 Å². The number of thiophene rings is 1. The third-order valence-corrected chi connectivity index (χ3v) is 3.04. The minimum atomic E-state index is 0.210. The van der Waals surface area contributed by atoms with Crippen LogP contribution in [-0.2, 0) is 6.54 Å². The summed E-state index contributed by atoms with van der Waals surface area (Å²) in [5, 5.41) is 10.9. The van der Waals surface area contributed by atoms with E-state index in [0.717, 1.165) is 25.4 Å². The Balaban J connectivity index is 2.56. The molecule has 80 valence electrons. The van der Waals surface area contributed by atoms with Gasteiger partial charge in [0.15, 0.2) is 0 Å². The van der Waals surface area contributed by atoms with Crippen LogP contribution in [0.4, 0.5) is 0 Å². The number of hydrogen-bond donors (Lipinski definition) is 1. The molecule has 0 saturated heterocycles. The van der Waals surface area contributed by atoms with Crippen molar-refractivity contribution in [2.24, 2.45) is 0 Å². The van der Waals surface area contributed by atoms with E-state index in [-0.39, 0.29) is 6.61 Å². The molecule has 0 atom stereocenters. The van der Waals surface area contributed by atoms with E-state index < -0.39 is 0 Å². The number of ether oxygens (including phenoxy) is 1. The minimum Gasteiger partial charge on any atom is -0.496 e. The number of likely N-dealkylation sites (N-methyl/N-ethyl adjacent to an activating group) is 1. The molecule has 1 N–H and O–H groups in total. The standard InChI is InChI=1S/C10H17NO2S/c1-3-11(5-6-12)8-10-9(13-2)4-7-14-10/h4,7,12H,3,5-6,8H2,1-2H3. The second-order valence-corrected chi connectivity index (χ2v) is 4.01. The molecule has 0 aromatic carbocycles. The van der Waals surface area contributed by atoms with Gasteiger partial charge in [0.2, 0.25) is 0 Å². The Labute approximate surface area is 88.9 Å². The highest BCUT2D eigenvalue weighted by Gasteiger charge is 2.08. The largest absolute Gasteiger partial charge is 0.496 e. The Morgan fingerprint density at radius 1 is 1.57 bits per heavy atom. The first-order chi connectivity index (χ1) is 6.81. The third-order valence-electron chi connectivity index (χ3n) is 2.16. The van der Waals surface area contributed by atoms with Crippen LogP contribution in [0.2, 0.25) is 0 Å². The van der Waals surface area contributed by atoms with Crippen molar-refractivity contribution in [2.75, 3.05) is 26.8 Å². The van der Waals surface area contributed by atoms with Gasteiger partial charge < -0.3 is 9.84 Å². The Kier molecular flexibility index (Phi) is 4.93. The van der Waals surface area contributed by atoms with E-state index in [4.69, 9.17) is 9.84 Å². The monoisotopic (exact) mass is 215 g/mol. The van der Waals surface area contributed by atoms with Crippen LogP contribution in [0.15, 0.2) is 11.4 Å². The second-order valence-electron chi connectivity index (χ2n) is 3.00. The highest BCUT2D eigenvalue weighted by Crippen LogP contribution is 2.25. The molecule has 14 heavy (non-hydrogen) atoms. The molecule has 1 aromatic rings. The zero-order valence-corrected chi connectivity index (χ0v) is 9.51. The van der Waals surface area contributed by atoms with Gasteiger partial charge in [0.05, 0.1) is 18.6 Å². The zero-order valence-electron chi connectivity index (χ0n) is 8.69. The Morgan fingerprint density at radius 2 is 2.36 bits per heavy atom. The lowest BCUT2D eigenvalue weighted by molar-refractivity contribution is 0.196. The SMILES string of the molecule is CCN(CCO)Cc1sccc1OC. The first-order valence-electron chi connectivity index (χ1n) is 4.75. The normalized spacial score (nSPS) is 10.9. The molecule has 0 bridgehead atoms. The van der Waals surface area contributed by atoms with Crippen molar-refractivity contribution < 1.29 is 9.84 Å². The zero-order chi connectivity index (χ0) is 10.4. The number of nitrogens with zero attached hydrogens (tertiary/aromatic N) is 1. The average molecular weight is 215 g/mol. The quantitative estimate of drug-likeness (QED) is 0.782. The summed E-state index contributed by atoms with van der Waals surface area (Å²) in [7, 11) is 1.69. The van der Waals surface area contributed by atoms with Crippen LogP contribution in [-0.4, -0.2) is 36.8 Å². The van der Waals surface area contributed by atoms with Crippen molar-refractivity contribution in [3.63, 3.8) is 0 Å². The number of aliphatic hydroxyl groups is 1. The van der Waals surface area contributed by atoms with Gasteiger partial charge >= 0.3 is 0 Å². The maximum Gasteiger partial charge on any atom is 0.134 e. The van der Waals surface area contributed by atoms with Gasteiger partial charge in [-0.3, -0.25) is 4.90 Å². The molecule has 0 spiro atoms. The van der Waals surface area contributed by atoms with E-state index in [0.29, 0.717) is 0 Å². The molecule has 0 fully saturated rings. The number of aliphatic hydroxyl groups excluding tert-OH is 1. The van der Waals surface area contributed by atoms with Crippen molar-refractivity contribution in [1.82, 2.24) is 4.90 Å². The molecule has 0 aliphatic rings. The topological polar surface area (TPSA) is 32.7 Å². The fourth-order valence-corrected chi connectivity index (χ4v) is 2.20. The lowest BCUT2D eigenvalue weighted by atomic mass is 10.4. The van der Waals surface area contributed by atoms with Crippen LogP contribution in [0.1, 0.15) is 11.8 Å². The summed E-state index contributed by atoms with van der Waals surface area (Å²) >= 11 is 1.70. The fourth-order valence-electron chi connectivity index (χ4n) is 1.32.